The number of anilines is 2. The topological polar surface area (TPSA) is 134 Å². The molecule has 3 aromatic carbocycles. The summed E-state index contributed by atoms with van der Waals surface area (Å²) in [4.78, 5) is 24.1. The van der Waals surface area contributed by atoms with E-state index in [0.717, 1.165) is 17.5 Å². The van der Waals surface area contributed by atoms with Crippen LogP contribution in [0.4, 0.5) is 15.8 Å². The van der Waals surface area contributed by atoms with Crippen molar-refractivity contribution in [1.29, 1.82) is 5.41 Å². The number of hydrogen-bond donors (Lipinski definition) is 5. The predicted molar refractivity (Wildman–Crippen MR) is 142 cm³/mol. The molecule has 0 unspecified atom stereocenters. The van der Waals surface area contributed by atoms with E-state index in [9.17, 15) is 14.0 Å². The van der Waals surface area contributed by atoms with Crippen LogP contribution in [0, 0.1) is 5.41 Å². The minimum absolute atomic E-state index is 0.00465. The fourth-order valence-corrected chi connectivity index (χ4v) is 4.24. The van der Waals surface area contributed by atoms with Crippen LogP contribution in [-0.4, -0.2) is 29.9 Å². The Bertz CT molecular complexity index is 1330. The molecule has 7 nitrogen and oxygen atoms in total. The fraction of sp³-hybridized carbons (Fsp3) is 0.179. The van der Waals surface area contributed by atoms with Gasteiger partial charge in [0.2, 0.25) is 5.91 Å². The van der Waals surface area contributed by atoms with Gasteiger partial charge >= 0.3 is 0 Å². The monoisotopic (exact) mass is 485 g/mol. The normalized spacial score (nSPS) is 13.8. The van der Waals surface area contributed by atoms with E-state index in [4.69, 9.17) is 16.9 Å². The van der Waals surface area contributed by atoms with Crippen molar-refractivity contribution >= 4 is 29.0 Å². The Labute approximate surface area is 208 Å². The standard InChI is InChI=1S/C28H28FN5O2/c1-2-23(35)34-20-10-8-17(9-11-20)21-12-13-22(30)25(26(31)32)24(21)18-4-6-19(7-5-18)27(36)33-16-28(29)14-3-15-28/h2,4-13H,1,3,14-16,30H2,(H3,31,32)(H,33,36)(H,34,35). The zero-order valence-corrected chi connectivity index (χ0v) is 19.7. The lowest BCUT2D eigenvalue weighted by Crippen LogP contribution is -2.44. The van der Waals surface area contributed by atoms with E-state index >= 15 is 0 Å². The molecule has 1 saturated carbocycles. The number of amidine groups is 1. The second kappa shape index (κ2) is 10.0. The van der Waals surface area contributed by atoms with Crippen LogP contribution in [0.5, 0.6) is 0 Å². The van der Waals surface area contributed by atoms with E-state index < -0.39 is 5.67 Å². The smallest absolute Gasteiger partial charge is 0.251 e. The van der Waals surface area contributed by atoms with E-state index in [0.29, 0.717) is 46.5 Å². The summed E-state index contributed by atoms with van der Waals surface area (Å²) in [5.74, 6) is -0.842. The molecule has 0 spiro atoms. The molecule has 184 valence electrons. The Balaban J connectivity index is 1.67. The van der Waals surface area contributed by atoms with Crippen LogP contribution in [0.15, 0.2) is 73.3 Å². The van der Waals surface area contributed by atoms with Gasteiger partial charge in [0.1, 0.15) is 11.5 Å². The summed E-state index contributed by atoms with van der Waals surface area (Å²) in [6.07, 6.45) is 2.98. The Kier molecular flexibility index (Phi) is 6.87. The van der Waals surface area contributed by atoms with Gasteiger partial charge < -0.3 is 22.1 Å². The van der Waals surface area contributed by atoms with Crippen LogP contribution in [0.25, 0.3) is 22.3 Å². The summed E-state index contributed by atoms with van der Waals surface area (Å²) in [5.41, 5.74) is 15.5. The van der Waals surface area contributed by atoms with Crippen molar-refractivity contribution in [3.05, 3.63) is 84.4 Å². The first-order valence-corrected chi connectivity index (χ1v) is 11.6. The molecule has 2 amide bonds. The van der Waals surface area contributed by atoms with Gasteiger partial charge in [-0.1, -0.05) is 36.9 Å². The molecule has 0 heterocycles. The lowest BCUT2D eigenvalue weighted by Gasteiger charge is -2.33. The lowest BCUT2D eigenvalue weighted by atomic mass is 9.82. The van der Waals surface area contributed by atoms with E-state index in [1.807, 2.05) is 18.2 Å². The minimum atomic E-state index is -1.30. The van der Waals surface area contributed by atoms with Crippen LogP contribution in [0.3, 0.4) is 0 Å². The van der Waals surface area contributed by atoms with Crippen LogP contribution in [0.2, 0.25) is 0 Å². The van der Waals surface area contributed by atoms with Gasteiger partial charge in [0.25, 0.3) is 5.91 Å². The van der Waals surface area contributed by atoms with Gasteiger partial charge in [-0.15, -0.1) is 0 Å². The quantitative estimate of drug-likeness (QED) is 0.138. The summed E-state index contributed by atoms with van der Waals surface area (Å²) < 4.78 is 14.3. The SMILES string of the molecule is C=CC(=O)Nc1ccc(-c2ccc(N)c(C(=N)N)c2-c2ccc(C(=O)NCC3(F)CCC3)cc2)cc1. The third-order valence-corrected chi connectivity index (χ3v) is 6.41. The van der Waals surface area contributed by atoms with Crippen molar-refractivity contribution < 1.29 is 14.0 Å². The summed E-state index contributed by atoms with van der Waals surface area (Å²) in [6, 6.07) is 17.6. The molecule has 7 N–H and O–H groups in total. The van der Waals surface area contributed by atoms with E-state index in [-0.39, 0.29) is 24.2 Å². The molecular weight excluding hydrogens is 457 g/mol. The zero-order valence-electron chi connectivity index (χ0n) is 19.7. The molecular formula is C28H28FN5O2. The lowest BCUT2D eigenvalue weighted by molar-refractivity contribution is -0.111. The number of nitrogens with one attached hydrogen (secondary N) is 3. The molecule has 4 rings (SSSR count). The number of nitrogens with two attached hydrogens (primary N) is 2. The molecule has 3 aromatic rings. The predicted octanol–water partition coefficient (Wildman–Crippen LogP) is 4.63. The van der Waals surface area contributed by atoms with E-state index in [1.165, 1.54) is 6.08 Å². The van der Waals surface area contributed by atoms with Gasteiger partial charge in [-0.2, -0.15) is 0 Å². The molecule has 0 bridgehead atoms. The molecule has 0 radical (unpaired) electrons. The maximum absolute atomic E-state index is 14.3. The zero-order chi connectivity index (χ0) is 25.9. The number of benzene rings is 3. The van der Waals surface area contributed by atoms with Gasteiger partial charge in [0, 0.05) is 28.1 Å². The van der Waals surface area contributed by atoms with Crippen molar-refractivity contribution in [3.63, 3.8) is 0 Å². The highest BCUT2D eigenvalue weighted by Crippen LogP contribution is 2.38. The fourth-order valence-electron chi connectivity index (χ4n) is 4.24. The number of amides is 2. The highest BCUT2D eigenvalue weighted by atomic mass is 19.1. The number of hydrogen-bond acceptors (Lipinski definition) is 4. The molecule has 1 aliphatic carbocycles. The third-order valence-electron chi connectivity index (χ3n) is 6.41. The largest absolute Gasteiger partial charge is 0.398 e. The van der Waals surface area contributed by atoms with Crippen LogP contribution < -0.4 is 22.1 Å². The van der Waals surface area contributed by atoms with E-state index in [1.54, 1.807) is 42.5 Å². The number of carbonyl (C=O) groups is 2. The first-order valence-electron chi connectivity index (χ1n) is 11.6. The highest BCUT2D eigenvalue weighted by molar-refractivity contribution is 6.10. The summed E-state index contributed by atoms with van der Waals surface area (Å²) >= 11 is 0. The van der Waals surface area contributed by atoms with Crippen molar-refractivity contribution in [2.75, 3.05) is 17.6 Å². The van der Waals surface area contributed by atoms with Crippen molar-refractivity contribution in [1.82, 2.24) is 5.32 Å². The van der Waals surface area contributed by atoms with Gasteiger partial charge in [-0.05, 0) is 72.4 Å². The molecule has 0 atom stereocenters. The van der Waals surface area contributed by atoms with Crippen LogP contribution in [0.1, 0.15) is 35.2 Å². The maximum Gasteiger partial charge on any atom is 0.251 e. The number of rotatable bonds is 8. The Morgan fingerprint density at radius 3 is 2.22 bits per heavy atom. The second-order valence-electron chi connectivity index (χ2n) is 8.90. The molecule has 1 aliphatic rings. The van der Waals surface area contributed by atoms with Gasteiger partial charge in [0.15, 0.2) is 0 Å². The Hall–Kier alpha value is -4.46. The Morgan fingerprint density at radius 1 is 1.03 bits per heavy atom. The average molecular weight is 486 g/mol. The third kappa shape index (κ3) is 5.12. The van der Waals surface area contributed by atoms with Gasteiger partial charge in [-0.25, -0.2) is 4.39 Å². The molecule has 0 saturated heterocycles. The van der Waals surface area contributed by atoms with Crippen molar-refractivity contribution in [2.45, 2.75) is 24.9 Å². The second-order valence-corrected chi connectivity index (χ2v) is 8.90. The van der Waals surface area contributed by atoms with Crippen LogP contribution >= 0.6 is 0 Å². The average Bonchev–Trinajstić information content (AvgIpc) is 2.86. The summed E-state index contributed by atoms with van der Waals surface area (Å²) in [7, 11) is 0. The number of nitrogen functional groups attached to an aromatic ring is 2. The number of halogens is 1. The highest BCUT2D eigenvalue weighted by Gasteiger charge is 2.37. The summed E-state index contributed by atoms with van der Waals surface area (Å²) in [5, 5.41) is 13.5. The Morgan fingerprint density at radius 2 is 1.67 bits per heavy atom. The first-order chi connectivity index (χ1) is 17.2. The molecule has 1 fully saturated rings. The van der Waals surface area contributed by atoms with Crippen molar-refractivity contribution in [2.24, 2.45) is 5.73 Å². The van der Waals surface area contributed by atoms with E-state index in [2.05, 4.69) is 17.2 Å². The van der Waals surface area contributed by atoms with Gasteiger partial charge in [0.05, 0.1) is 6.54 Å². The minimum Gasteiger partial charge on any atom is -0.398 e. The van der Waals surface area contributed by atoms with Gasteiger partial charge in [-0.3, -0.25) is 15.0 Å². The van der Waals surface area contributed by atoms with Crippen molar-refractivity contribution in [3.8, 4) is 22.3 Å². The number of carbonyl (C=O) groups excluding carboxylic acids is 2. The molecule has 36 heavy (non-hydrogen) atoms. The molecule has 8 heteroatoms. The maximum atomic E-state index is 14.3. The molecule has 0 aliphatic heterocycles. The summed E-state index contributed by atoms with van der Waals surface area (Å²) in [6.45, 7) is 3.45. The van der Waals surface area contributed by atoms with Crippen LogP contribution in [-0.2, 0) is 4.79 Å². The first kappa shape index (κ1) is 24.7. The molecule has 0 aromatic heterocycles. The number of alkyl halides is 1.